The number of benzene rings is 1. The average molecular weight is 559 g/mol. The molecule has 0 aliphatic heterocycles. The molecule has 0 atom stereocenters. The van der Waals surface area contributed by atoms with Crippen LogP contribution in [0.4, 0.5) is 10.8 Å². The van der Waals surface area contributed by atoms with Crippen molar-refractivity contribution in [2.75, 3.05) is 17.4 Å². The van der Waals surface area contributed by atoms with E-state index in [2.05, 4.69) is 9.71 Å². The Bertz CT molecular complexity index is 1370. The second kappa shape index (κ2) is 12.0. The van der Waals surface area contributed by atoms with Gasteiger partial charge in [0.2, 0.25) is 21.8 Å². The maximum Gasteiger partial charge on any atom is 0.242 e. The Morgan fingerprint density at radius 2 is 1.78 bits per heavy atom. The molecule has 2 rings (SSSR count). The van der Waals surface area contributed by atoms with E-state index in [-0.39, 0.29) is 38.5 Å². The predicted molar refractivity (Wildman–Crippen MR) is 138 cm³/mol. The highest BCUT2D eigenvalue weighted by Crippen LogP contribution is 2.37. The van der Waals surface area contributed by atoms with Crippen molar-refractivity contribution < 1.29 is 31.2 Å². The lowest BCUT2D eigenvalue weighted by molar-refractivity contribution is -0.125. The van der Waals surface area contributed by atoms with Crippen LogP contribution in [0.15, 0.2) is 22.4 Å². The molecule has 0 bridgehead atoms. The third-order valence-corrected chi connectivity index (χ3v) is 8.57. The Hall–Kier alpha value is -2.68. The van der Waals surface area contributed by atoms with Crippen molar-refractivity contribution in [2.24, 2.45) is 5.73 Å². The van der Waals surface area contributed by atoms with Crippen molar-refractivity contribution in [2.45, 2.75) is 56.7 Å². The molecule has 0 aliphatic rings. The van der Waals surface area contributed by atoms with Crippen molar-refractivity contribution in [3.63, 3.8) is 0 Å². The molecular formula is C22H30N4O7S3. The van der Waals surface area contributed by atoms with Crippen LogP contribution in [0.1, 0.15) is 60.6 Å². The van der Waals surface area contributed by atoms with E-state index < -0.39 is 44.6 Å². The van der Waals surface area contributed by atoms with Gasteiger partial charge in [0, 0.05) is 18.2 Å². The van der Waals surface area contributed by atoms with Crippen LogP contribution in [-0.2, 0) is 36.0 Å². The fourth-order valence-corrected chi connectivity index (χ4v) is 5.96. The van der Waals surface area contributed by atoms with Crippen molar-refractivity contribution >= 4 is 59.6 Å². The normalized spacial score (nSPS) is 11.9. The van der Waals surface area contributed by atoms with E-state index in [1.807, 2.05) is 6.92 Å². The zero-order valence-electron chi connectivity index (χ0n) is 20.5. The molecule has 0 radical (unpaired) electrons. The van der Waals surface area contributed by atoms with Crippen molar-refractivity contribution in [3.8, 4) is 0 Å². The van der Waals surface area contributed by atoms with E-state index in [1.165, 1.54) is 6.07 Å². The molecule has 11 nitrogen and oxygen atoms in total. The molecule has 1 aromatic heterocycles. The van der Waals surface area contributed by atoms with Crippen LogP contribution in [0.5, 0.6) is 0 Å². The third-order valence-electron chi connectivity index (χ3n) is 4.96. The van der Waals surface area contributed by atoms with Crippen molar-refractivity contribution in [1.82, 2.24) is 9.71 Å². The highest BCUT2D eigenvalue weighted by atomic mass is 32.2. The fraction of sp³-hybridized carbons (Fsp3) is 0.455. The summed E-state index contributed by atoms with van der Waals surface area (Å²) in [5, 5.41) is -0.140. The first-order valence-electron chi connectivity index (χ1n) is 11.0. The summed E-state index contributed by atoms with van der Waals surface area (Å²) in [4.78, 5) is 43.1. The van der Waals surface area contributed by atoms with Gasteiger partial charge in [0.05, 0.1) is 24.2 Å². The summed E-state index contributed by atoms with van der Waals surface area (Å²) >= 11 is 0.629. The molecular weight excluding hydrogens is 528 g/mol. The minimum absolute atomic E-state index is 0.122. The first kappa shape index (κ1) is 29.5. The van der Waals surface area contributed by atoms with Crippen LogP contribution in [0.25, 0.3) is 0 Å². The minimum atomic E-state index is -3.87. The monoisotopic (exact) mass is 558 g/mol. The fourth-order valence-electron chi connectivity index (χ4n) is 3.33. The van der Waals surface area contributed by atoms with Gasteiger partial charge in [0.25, 0.3) is 0 Å². The maximum absolute atomic E-state index is 13.2. The van der Waals surface area contributed by atoms with E-state index in [0.29, 0.717) is 17.8 Å². The number of nitrogens with zero attached hydrogens (tertiary/aromatic N) is 2. The number of anilines is 2. The van der Waals surface area contributed by atoms with Gasteiger partial charge in [-0.2, -0.15) is 0 Å². The number of Topliss-reactive ketones (excluding diaryl/α,β-unsaturated/α-hetero) is 1. The van der Waals surface area contributed by atoms with E-state index >= 15 is 0 Å². The van der Waals surface area contributed by atoms with Gasteiger partial charge in [-0.25, -0.2) is 26.5 Å². The molecule has 1 heterocycles. The summed E-state index contributed by atoms with van der Waals surface area (Å²) in [6.45, 7) is 3.35. The summed E-state index contributed by atoms with van der Waals surface area (Å²) in [5.74, 6) is -1.96. The standard InChI is InChI=1S/C22H30N4O7S3/c1-5-6-7-8-18(27)15-11-14(2)9-10-17(15)26(20(29)12-19(23)28)22-25-16(13-24-36(4,32)33)21(34-22)35(3,30)31/h9-11,24H,5-8,12-13H2,1-4H3,(H2,23,28). The topological polar surface area (TPSA) is 174 Å². The second-order valence-electron chi connectivity index (χ2n) is 8.37. The molecule has 3 N–H and O–H groups in total. The number of aromatic nitrogens is 1. The SMILES string of the molecule is CCCCCC(=O)c1cc(C)ccc1N(C(=O)CC(N)=O)c1nc(CNS(C)(=O)=O)c(S(C)(=O)=O)s1. The maximum atomic E-state index is 13.2. The Morgan fingerprint density at radius 3 is 2.33 bits per heavy atom. The lowest BCUT2D eigenvalue weighted by Gasteiger charge is -2.22. The number of thiazole rings is 1. The molecule has 2 aromatic rings. The van der Waals surface area contributed by atoms with Crippen LogP contribution in [0.3, 0.4) is 0 Å². The average Bonchev–Trinajstić information content (AvgIpc) is 3.17. The molecule has 0 unspecified atom stereocenters. The first-order valence-corrected chi connectivity index (χ1v) is 15.6. The summed E-state index contributed by atoms with van der Waals surface area (Å²) in [7, 11) is -7.55. The lowest BCUT2D eigenvalue weighted by atomic mass is 10.00. The molecule has 1 aromatic carbocycles. The summed E-state index contributed by atoms with van der Waals surface area (Å²) < 4.78 is 49.9. The van der Waals surface area contributed by atoms with Crippen LogP contribution >= 0.6 is 11.3 Å². The second-order valence-corrected chi connectivity index (χ2v) is 13.4. The van der Waals surface area contributed by atoms with E-state index in [1.54, 1.807) is 19.1 Å². The zero-order chi connectivity index (χ0) is 27.3. The zero-order valence-corrected chi connectivity index (χ0v) is 23.0. The van der Waals surface area contributed by atoms with Crippen LogP contribution in [-0.4, -0.2) is 51.9 Å². The minimum Gasteiger partial charge on any atom is -0.369 e. The molecule has 36 heavy (non-hydrogen) atoms. The van der Waals surface area contributed by atoms with Gasteiger partial charge in [0.15, 0.2) is 20.8 Å². The number of unbranched alkanes of at least 4 members (excludes halogenated alkanes) is 2. The predicted octanol–water partition coefficient (Wildman–Crippen LogP) is 2.21. The van der Waals surface area contributed by atoms with E-state index in [4.69, 9.17) is 5.73 Å². The highest BCUT2D eigenvalue weighted by Gasteiger charge is 2.30. The molecule has 198 valence electrons. The largest absolute Gasteiger partial charge is 0.369 e. The smallest absolute Gasteiger partial charge is 0.242 e. The van der Waals surface area contributed by atoms with Gasteiger partial charge in [-0.15, -0.1) is 0 Å². The molecule has 0 saturated carbocycles. The number of carbonyl (C=O) groups excluding carboxylic acids is 3. The molecule has 0 aliphatic carbocycles. The van der Waals surface area contributed by atoms with E-state index in [0.717, 1.165) is 35.8 Å². The molecule has 0 saturated heterocycles. The van der Waals surface area contributed by atoms with Crippen LogP contribution < -0.4 is 15.4 Å². The molecule has 0 fully saturated rings. The van der Waals surface area contributed by atoms with Gasteiger partial charge in [-0.05, 0) is 25.5 Å². The Morgan fingerprint density at radius 1 is 1.11 bits per heavy atom. The quantitative estimate of drug-likeness (QED) is 0.214. The number of hydrogen-bond acceptors (Lipinski definition) is 9. The number of aryl methyl sites for hydroxylation is 1. The van der Waals surface area contributed by atoms with Crippen molar-refractivity contribution in [1.29, 1.82) is 0 Å². The van der Waals surface area contributed by atoms with Gasteiger partial charge in [-0.1, -0.05) is 42.7 Å². The highest BCUT2D eigenvalue weighted by molar-refractivity contribution is 7.93. The number of hydrogen-bond donors (Lipinski definition) is 2. The number of sulfone groups is 1. The number of amides is 2. The Labute approximate surface area is 215 Å². The molecule has 0 spiro atoms. The van der Waals surface area contributed by atoms with Gasteiger partial charge in [0.1, 0.15) is 10.6 Å². The van der Waals surface area contributed by atoms with Crippen molar-refractivity contribution in [3.05, 3.63) is 35.0 Å². The Balaban J connectivity index is 2.72. The molecule has 14 heteroatoms. The number of carbonyl (C=O) groups is 3. The van der Waals surface area contributed by atoms with Gasteiger partial charge < -0.3 is 5.73 Å². The van der Waals surface area contributed by atoms with E-state index in [9.17, 15) is 31.2 Å². The number of nitrogens with two attached hydrogens (primary N) is 1. The number of ketones is 1. The van der Waals surface area contributed by atoms with Crippen LogP contribution in [0.2, 0.25) is 0 Å². The Kier molecular flexibility index (Phi) is 9.88. The lowest BCUT2D eigenvalue weighted by Crippen LogP contribution is -2.31. The van der Waals surface area contributed by atoms with Crippen LogP contribution in [0, 0.1) is 6.92 Å². The number of nitrogens with one attached hydrogen (secondary N) is 1. The summed E-state index contributed by atoms with van der Waals surface area (Å²) in [5.41, 5.74) is 6.23. The third kappa shape index (κ3) is 8.18. The van der Waals surface area contributed by atoms with Gasteiger partial charge >= 0.3 is 0 Å². The van der Waals surface area contributed by atoms with Gasteiger partial charge in [-0.3, -0.25) is 19.3 Å². The number of rotatable bonds is 13. The summed E-state index contributed by atoms with van der Waals surface area (Å²) in [6.07, 6.45) is 3.76. The number of primary amides is 1. The first-order chi connectivity index (χ1) is 16.6. The number of sulfonamides is 1. The summed E-state index contributed by atoms with van der Waals surface area (Å²) in [6, 6.07) is 4.81. The molecule has 2 amide bonds.